The van der Waals surface area contributed by atoms with Crippen molar-refractivity contribution in [2.75, 3.05) is 31.1 Å². The maximum Gasteiger partial charge on any atom is 0.490 e. The molecule has 4 heterocycles. The largest absolute Gasteiger partial charge is 0.490 e. The molecule has 2 N–H and O–H groups in total. The Morgan fingerprint density at radius 2 is 1.34 bits per heavy atom. The van der Waals surface area contributed by atoms with Gasteiger partial charge in [-0.15, -0.1) is 0 Å². The minimum atomic E-state index is -5.08. The molecular formula is C22H28F6N6O4. The lowest BCUT2D eigenvalue weighted by Crippen LogP contribution is -2.47. The molecule has 0 atom stereocenters. The third-order valence-electron chi connectivity index (χ3n) is 6.23. The zero-order chi connectivity index (χ0) is 28.6. The van der Waals surface area contributed by atoms with Gasteiger partial charge in [0.05, 0.1) is 6.20 Å². The quantitative estimate of drug-likeness (QED) is 0.550. The number of aromatic nitrogens is 4. The van der Waals surface area contributed by atoms with Crippen LogP contribution in [0.4, 0.5) is 32.3 Å². The smallest absolute Gasteiger partial charge is 0.475 e. The molecule has 0 radical (unpaired) electrons. The molecule has 0 unspecified atom stereocenters. The molecule has 10 nitrogen and oxygen atoms in total. The Balaban J connectivity index is 0.000000301. The first-order valence-electron chi connectivity index (χ1n) is 11.4. The van der Waals surface area contributed by atoms with Crippen LogP contribution in [0.25, 0.3) is 0 Å². The molecule has 2 saturated heterocycles. The number of nitrogens with zero attached hydrogens (tertiary/aromatic N) is 6. The molecule has 212 valence electrons. The lowest BCUT2D eigenvalue weighted by molar-refractivity contribution is -0.193. The van der Waals surface area contributed by atoms with Gasteiger partial charge in [0.25, 0.3) is 0 Å². The highest BCUT2D eigenvalue weighted by molar-refractivity contribution is 5.73. The minimum absolute atomic E-state index is 0.538. The number of aryl methyl sites for hydroxylation is 1. The summed E-state index contributed by atoms with van der Waals surface area (Å²) < 4.78 is 65.4. The summed E-state index contributed by atoms with van der Waals surface area (Å²) in [5.74, 6) is -4.62. The van der Waals surface area contributed by atoms with E-state index in [0.717, 1.165) is 25.6 Å². The number of alkyl halides is 6. The monoisotopic (exact) mass is 554 g/mol. The van der Waals surface area contributed by atoms with Gasteiger partial charge in [-0.05, 0) is 50.3 Å². The van der Waals surface area contributed by atoms with E-state index in [9.17, 15) is 26.3 Å². The summed E-state index contributed by atoms with van der Waals surface area (Å²) in [6, 6.07) is 1.88. The van der Waals surface area contributed by atoms with Crippen LogP contribution < -0.4 is 4.90 Å². The molecule has 1 spiro atoms. The fraction of sp³-hybridized carbons (Fsp3) is 0.591. The molecule has 2 aromatic rings. The Bertz CT molecular complexity index is 1000. The summed E-state index contributed by atoms with van der Waals surface area (Å²) in [4.78, 5) is 31.5. The maximum absolute atomic E-state index is 10.6. The Kier molecular flexibility index (Phi) is 10.4. The Labute approximate surface area is 213 Å². The zero-order valence-electron chi connectivity index (χ0n) is 20.4. The first-order valence-corrected chi connectivity index (χ1v) is 11.4. The molecule has 2 fully saturated rings. The van der Waals surface area contributed by atoms with Crippen LogP contribution in [-0.2, 0) is 23.2 Å². The van der Waals surface area contributed by atoms with Crippen LogP contribution in [0, 0.1) is 5.41 Å². The number of likely N-dealkylation sites (tertiary alicyclic amines) is 1. The fourth-order valence-electron chi connectivity index (χ4n) is 4.13. The van der Waals surface area contributed by atoms with Crippen LogP contribution in [0.1, 0.15) is 31.2 Å². The average molecular weight is 554 g/mol. The number of hydrogen-bond donors (Lipinski definition) is 2. The van der Waals surface area contributed by atoms with Gasteiger partial charge in [0.2, 0.25) is 5.95 Å². The van der Waals surface area contributed by atoms with Gasteiger partial charge in [0.1, 0.15) is 0 Å². The van der Waals surface area contributed by atoms with Gasteiger partial charge in [-0.2, -0.15) is 31.4 Å². The van der Waals surface area contributed by atoms with Crippen molar-refractivity contribution in [3.8, 4) is 0 Å². The van der Waals surface area contributed by atoms with Crippen LogP contribution in [0.2, 0.25) is 0 Å². The molecule has 0 aromatic carbocycles. The molecule has 0 amide bonds. The minimum Gasteiger partial charge on any atom is -0.475 e. The number of carbonyl (C=O) groups is 2. The Morgan fingerprint density at radius 3 is 1.74 bits per heavy atom. The molecule has 0 saturated carbocycles. The lowest BCUT2D eigenvalue weighted by atomic mass is 9.71. The SMILES string of the molecule is Cn1cc(CN2CCC3(CC2)CCN(c2ncccn2)CC3)cn1.O=C(O)C(F)(F)F.O=C(O)C(F)(F)F. The Morgan fingerprint density at radius 1 is 0.895 bits per heavy atom. The highest BCUT2D eigenvalue weighted by atomic mass is 19.4. The standard InChI is InChI=1S/C18H26N6.2C2HF3O2/c1-22-14-16(13-21-22)15-23-9-3-18(4-10-23)5-11-24(12-6-18)17-19-7-2-8-20-17;2*3-2(4,5)1(6)7/h2,7-8,13-14H,3-6,9-12,15H2,1H3;2*(H,6,7). The van der Waals surface area contributed by atoms with E-state index in [1.165, 1.54) is 44.3 Å². The van der Waals surface area contributed by atoms with Gasteiger partial charge in [-0.3, -0.25) is 9.58 Å². The van der Waals surface area contributed by atoms with E-state index in [2.05, 4.69) is 31.1 Å². The van der Waals surface area contributed by atoms with Crippen LogP contribution in [0.15, 0.2) is 30.9 Å². The lowest BCUT2D eigenvalue weighted by Gasteiger charge is -2.46. The van der Waals surface area contributed by atoms with Crippen molar-refractivity contribution in [1.29, 1.82) is 0 Å². The van der Waals surface area contributed by atoms with Gasteiger partial charge in [-0.25, -0.2) is 19.6 Å². The van der Waals surface area contributed by atoms with E-state index in [0.29, 0.717) is 5.41 Å². The summed E-state index contributed by atoms with van der Waals surface area (Å²) in [5, 5.41) is 18.5. The van der Waals surface area contributed by atoms with Crippen molar-refractivity contribution < 1.29 is 46.1 Å². The second kappa shape index (κ2) is 12.9. The normalized spacial score (nSPS) is 17.6. The molecular weight excluding hydrogens is 526 g/mol. The number of halogens is 6. The first kappa shape index (κ1) is 30.8. The molecule has 4 rings (SSSR count). The number of anilines is 1. The van der Waals surface area contributed by atoms with Crippen LogP contribution in [0.5, 0.6) is 0 Å². The van der Waals surface area contributed by atoms with Gasteiger partial charge in [0.15, 0.2) is 0 Å². The number of piperidine rings is 2. The average Bonchev–Trinajstić information content (AvgIpc) is 3.26. The number of hydrogen-bond acceptors (Lipinski definition) is 7. The molecule has 0 bridgehead atoms. The van der Waals surface area contributed by atoms with E-state index < -0.39 is 24.3 Å². The van der Waals surface area contributed by atoms with Gasteiger partial charge in [0, 0.05) is 50.8 Å². The van der Waals surface area contributed by atoms with Crippen LogP contribution >= 0.6 is 0 Å². The third-order valence-corrected chi connectivity index (χ3v) is 6.23. The number of rotatable bonds is 3. The number of carboxylic acids is 2. The molecule has 0 aliphatic carbocycles. The van der Waals surface area contributed by atoms with E-state index >= 15 is 0 Å². The number of carboxylic acid groups (broad SMARTS) is 2. The fourth-order valence-corrected chi connectivity index (χ4v) is 4.13. The third kappa shape index (κ3) is 9.79. The topological polar surface area (TPSA) is 125 Å². The summed E-state index contributed by atoms with van der Waals surface area (Å²) in [6.45, 7) is 5.63. The van der Waals surface area contributed by atoms with Crippen molar-refractivity contribution in [1.82, 2.24) is 24.6 Å². The number of aliphatic carboxylic acids is 2. The second-order valence-corrected chi connectivity index (χ2v) is 8.94. The van der Waals surface area contributed by atoms with E-state index in [-0.39, 0.29) is 0 Å². The highest BCUT2D eigenvalue weighted by Gasteiger charge is 2.39. The van der Waals surface area contributed by atoms with E-state index in [1.807, 2.05) is 36.4 Å². The van der Waals surface area contributed by atoms with Gasteiger partial charge in [-0.1, -0.05) is 0 Å². The first-order chi connectivity index (χ1) is 17.6. The summed E-state index contributed by atoms with van der Waals surface area (Å²) in [7, 11) is 1.99. The highest BCUT2D eigenvalue weighted by Crippen LogP contribution is 2.41. The molecule has 38 heavy (non-hydrogen) atoms. The van der Waals surface area contributed by atoms with E-state index in [4.69, 9.17) is 19.8 Å². The maximum atomic E-state index is 10.6. The summed E-state index contributed by atoms with van der Waals surface area (Å²) >= 11 is 0. The predicted molar refractivity (Wildman–Crippen MR) is 121 cm³/mol. The second-order valence-electron chi connectivity index (χ2n) is 8.94. The summed E-state index contributed by atoms with van der Waals surface area (Å²) in [5.41, 5.74) is 1.86. The van der Waals surface area contributed by atoms with Crippen molar-refractivity contribution in [3.05, 3.63) is 36.4 Å². The molecule has 2 aliphatic rings. The zero-order valence-corrected chi connectivity index (χ0v) is 20.4. The van der Waals surface area contributed by atoms with Crippen LogP contribution in [0.3, 0.4) is 0 Å². The van der Waals surface area contributed by atoms with Gasteiger partial charge >= 0.3 is 24.3 Å². The Hall–Kier alpha value is -3.43. The van der Waals surface area contributed by atoms with E-state index in [1.54, 1.807) is 0 Å². The molecule has 16 heteroatoms. The molecule has 2 aliphatic heterocycles. The van der Waals surface area contributed by atoms with Crippen molar-refractivity contribution >= 4 is 17.9 Å². The molecule has 2 aromatic heterocycles. The summed E-state index contributed by atoms with van der Waals surface area (Å²) in [6.07, 6.45) is 2.80. The van der Waals surface area contributed by atoms with Gasteiger partial charge < -0.3 is 15.1 Å². The van der Waals surface area contributed by atoms with Crippen molar-refractivity contribution in [2.45, 2.75) is 44.6 Å². The van der Waals surface area contributed by atoms with Crippen molar-refractivity contribution in [2.24, 2.45) is 12.5 Å². The van der Waals surface area contributed by atoms with Crippen molar-refractivity contribution in [3.63, 3.8) is 0 Å². The predicted octanol–water partition coefficient (Wildman–Crippen LogP) is 3.36. The van der Waals surface area contributed by atoms with Crippen LogP contribution in [-0.4, -0.2) is 85.3 Å².